The summed E-state index contributed by atoms with van der Waals surface area (Å²) in [6.45, 7) is 2.92. The number of rotatable bonds is 7. The lowest BCUT2D eigenvalue weighted by Crippen LogP contribution is -2.60. The van der Waals surface area contributed by atoms with Crippen molar-refractivity contribution in [2.24, 2.45) is 0 Å². The van der Waals surface area contributed by atoms with E-state index < -0.39 is 38.9 Å². The molecule has 1 aromatic rings. The van der Waals surface area contributed by atoms with Crippen LogP contribution in [-0.4, -0.2) is 51.9 Å². The Kier molecular flexibility index (Phi) is 5.98. The van der Waals surface area contributed by atoms with E-state index in [0.29, 0.717) is 5.75 Å². The summed E-state index contributed by atoms with van der Waals surface area (Å²) >= 11 is 0. The van der Waals surface area contributed by atoms with Gasteiger partial charge in [-0.05, 0) is 38.5 Å². The predicted molar refractivity (Wildman–Crippen MR) is 96.0 cm³/mol. The monoisotopic (exact) mass is 454 g/mol. The fourth-order valence-electron chi connectivity index (χ4n) is 3.08. The van der Waals surface area contributed by atoms with E-state index >= 15 is 0 Å². The van der Waals surface area contributed by atoms with E-state index in [1.54, 1.807) is 26.0 Å². The first kappa shape index (κ1) is 22.7. The van der Waals surface area contributed by atoms with Crippen LogP contribution in [-0.2, 0) is 28.5 Å². The molecular weight excluding hydrogens is 433 g/mol. The first-order chi connectivity index (χ1) is 13.9. The average molecular weight is 454 g/mol. The smallest absolute Gasteiger partial charge is 0.474 e. The average Bonchev–Trinajstić information content (AvgIpc) is 2.95. The third kappa shape index (κ3) is 4.51. The van der Waals surface area contributed by atoms with Gasteiger partial charge in [-0.25, -0.2) is 0 Å². The van der Waals surface area contributed by atoms with E-state index in [9.17, 15) is 21.6 Å². The molecule has 0 aromatic heterocycles. The molecule has 12 heteroatoms. The van der Waals surface area contributed by atoms with Crippen molar-refractivity contribution in [1.29, 1.82) is 0 Å². The van der Waals surface area contributed by atoms with Crippen LogP contribution in [0.15, 0.2) is 36.1 Å². The third-order valence-electron chi connectivity index (χ3n) is 4.45. The van der Waals surface area contributed by atoms with Crippen LogP contribution in [0, 0.1) is 0 Å². The van der Waals surface area contributed by atoms with Crippen LogP contribution < -0.4 is 9.47 Å². The Hall–Kier alpha value is -2.02. The lowest BCUT2D eigenvalue weighted by molar-refractivity contribution is -0.318. The molecular formula is C18H21F3O8S. The summed E-state index contributed by atoms with van der Waals surface area (Å²) in [7, 11) is -4.47. The largest absolute Gasteiger partial charge is 0.534 e. The maximum absolute atomic E-state index is 12.9. The van der Waals surface area contributed by atoms with Gasteiger partial charge >= 0.3 is 15.6 Å². The molecule has 0 spiro atoms. The Morgan fingerprint density at radius 1 is 1.23 bits per heavy atom. The van der Waals surface area contributed by atoms with Crippen molar-refractivity contribution in [2.75, 3.05) is 20.5 Å². The summed E-state index contributed by atoms with van der Waals surface area (Å²) in [6.07, 6.45) is 0.419. The molecule has 1 aliphatic heterocycles. The highest BCUT2D eigenvalue weighted by Crippen LogP contribution is 2.45. The Balaban J connectivity index is 1.93. The van der Waals surface area contributed by atoms with Crippen LogP contribution in [0.5, 0.6) is 11.5 Å². The fraction of sp³-hybridized carbons (Fsp3) is 0.556. The minimum Gasteiger partial charge on any atom is -0.474 e. The molecule has 0 unspecified atom stereocenters. The Bertz CT molecular complexity index is 912. The Labute approximate surface area is 171 Å². The molecule has 3 rings (SSSR count). The third-order valence-corrected chi connectivity index (χ3v) is 5.41. The quantitative estimate of drug-likeness (QED) is 0.353. The lowest BCUT2D eigenvalue weighted by atomic mass is 9.97. The molecule has 168 valence electrons. The van der Waals surface area contributed by atoms with Gasteiger partial charge in [-0.3, -0.25) is 0 Å². The summed E-state index contributed by atoms with van der Waals surface area (Å²) in [4.78, 5) is 0. The van der Waals surface area contributed by atoms with Crippen molar-refractivity contribution in [2.45, 2.75) is 43.3 Å². The molecule has 0 N–H and O–H groups in total. The number of alkyl halides is 3. The highest BCUT2D eigenvalue weighted by atomic mass is 32.2. The highest BCUT2D eigenvalue weighted by molar-refractivity contribution is 7.87. The van der Waals surface area contributed by atoms with Gasteiger partial charge in [0.05, 0.1) is 6.61 Å². The minimum atomic E-state index is -5.91. The first-order valence-corrected chi connectivity index (χ1v) is 10.2. The molecule has 0 saturated carbocycles. The Morgan fingerprint density at radius 2 is 1.93 bits per heavy atom. The van der Waals surface area contributed by atoms with Crippen molar-refractivity contribution < 1.29 is 49.5 Å². The molecule has 1 heterocycles. The molecule has 8 nitrogen and oxygen atoms in total. The number of fused-ring (bicyclic) bond motifs is 1. The van der Waals surface area contributed by atoms with Gasteiger partial charge in [-0.1, -0.05) is 6.07 Å². The zero-order valence-corrected chi connectivity index (χ0v) is 17.2. The second-order valence-corrected chi connectivity index (χ2v) is 8.64. The van der Waals surface area contributed by atoms with E-state index in [4.69, 9.17) is 23.7 Å². The number of hydrogen-bond donors (Lipinski definition) is 0. The van der Waals surface area contributed by atoms with E-state index in [0.717, 1.165) is 0 Å². The molecule has 0 radical (unpaired) electrons. The Morgan fingerprint density at radius 3 is 2.60 bits per heavy atom. The topological polar surface area (TPSA) is 89.5 Å². The second-order valence-electron chi connectivity index (χ2n) is 7.10. The molecule has 1 aromatic carbocycles. The predicted octanol–water partition coefficient (Wildman–Crippen LogP) is 3.09. The van der Waals surface area contributed by atoms with Gasteiger partial charge in [0.15, 0.2) is 18.3 Å². The number of benzene rings is 1. The molecule has 1 aliphatic carbocycles. The van der Waals surface area contributed by atoms with Crippen LogP contribution in [0.25, 0.3) is 0 Å². The molecule has 1 fully saturated rings. The van der Waals surface area contributed by atoms with E-state index in [-0.39, 0.29) is 25.6 Å². The van der Waals surface area contributed by atoms with Crippen LogP contribution in [0.2, 0.25) is 0 Å². The van der Waals surface area contributed by atoms with E-state index in [1.807, 2.05) is 0 Å². The van der Waals surface area contributed by atoms with Crippen molar-refractivity contribution in [3.63, 3.8) is 0 Å². The van der Waals surface area contributed by atoms with E-state index in [1.165, 1.54) is 25.3 Å². The summed E-state index contributed by atoms with van der Waals surface area (Å²) in [6, 6.07) is 6.21. The normalized spacial score (nSPS) is 25.9. The lowest BCUT2D eigenvalue weighted by Gasteiger charge is -2.46. The standard InChI is InChI=1S/C18H21F3O8S/c1-16(2)26-10-17(27-13-6-4-5-12(9-13)25-11-24-3)14(28-16)7-8-15(17)29-30(22,23)18(19,20)21/h4-6,8-9,14H,7,10-11H2,1-3H3/t14-,17+/m0/s1. The molecule has 30 heavy (non-hydrogen) atoms. The number of ether oxygens (including phenoxy) is 5. The van der Waals surface area contributed by atoms with Gasteiger partial charge < -0.3 is 27.9 Å². The van der Waals surface area contributed by atoms with Gasteiger partial charge in [0.2, 0.25) is 5.60 Å². The van der Waals surface area contributed by atoms with Gasteiger partial charge in [0.1, 0.15) is 17.6 Å². The van der Waals surface area contributed by atoms with Gasteiger partial charge in [0.25, 0.3) is 0 Å². The fourth-order valence-corrected chi connectivity index (χ4v) is 3.62. The van der Waals surface area contributed by atoms with Crippen molar-refractivity contribution >= 4 is 10.1 Å². The summed E-state index contributed by atoms with van der Waals surface area (Å²) in [5.74, 6) is -1.05. The molecule has 1 saturated heterocycles. The maximum Gasteiger partial charge on any atom is 0.534 e. The van der Waals surface area contributed by atoms with Gasteiger partial charge in [-0.15, -0.1) is 0 Å². The van der Waals surface area contributed by atoms with Crippen molar-refractivity contribution in [3.05, 3.63) is 36.1 Å². The van der Waals surface area contributed by atoms with Crippen molar-refractivity contribution in [1.82, 2.24) is 0 Å². The minimum absolute atomic E-state index is 0.0320. The first-order valence-electron chi connectivity index (χ1n) is 8.82. The van der Waals surface area contributed by atoms with Gasteiger partial charge in [-0.2, -0.15) is 21.6 Å². The summed E-state index contributed by atoms with van der Waals surface area (Å²) in [5, 5.41) is 0. The van der Waals surface area contributed by atoms with Crippen LogP contribution in [0.4, 0.5) is 13.2 Å². The van der Waals surface area contributed by atoms with Crippen LogP contribution in [0.3, 0.4) is 0 Å². The summed E-state index contributed by atoms with van der Waals surface area (Å²) in [5.41, 5.74) is -7.34. The molecule has 0 amide bonds. The molecule has 2 atom stereocenters. The SMILES string of the molecule is COCOc1cccc(O[C@]23COC(C)(C)O[C@H]2CC=C3OS(=O)(=O)C(F)(F)F)c1. The van der Waals surface area contributed by atoms with Crippen molar-refractivity contribution in [3.8, 4) is 11.5 Å². The number of hydrogen-bond acceptors (Lipinski definition) is 8. The van der Waals surface area contributed by atoms with Crippen LogP contribution >= 0.6 is 0 Å². The van der Waals surface area contributed by atoms with Crippen LogP contribution in [0.1, 0.15) is 20.3 Å². The number of halogens is 3. The molecule has 2 aliphatic rings. The van der Waals surface area contributed by atoms with Gasteiger partial charge in [0, 0.05) is 13.2 Å². The summed E-state index contributed by atoms with van der Waals surface area (Å²) < 4.78 is 93.8. The zero-order valence-electron chi connectivity index (χ0n) is 16.4. The second kappa shape index (κ2) is 7.91. The highest BCUT2D eigenvalue weighted by Gasteiger charge is 2.60. The molecule has 0 bridgehead atoms. The number of methoxy groups -OCH3 is 1. The zero-order chi connectivity index (χ0) is 22.2. The maximum atomic E-state index is 12.9. The van der Waals surface area contributed by atoms with E-state index in [2.05, 4.69) is 4.18 Å².